The highest BCUT2D eigenvalue weighted by Crippen LogP contribution is 2.05. The van der Waals surface area contributed by atoms with Crippen molar-refractivity contribution in [3.05, 3.63) is 56.6 Å². The van der Waals surface area contributed by atoms with Crippen molar-refractivity contribution in [3.63, 3.8) is 0 Å². The fraction of sp³-hybridized carbons (Fsp3) is 0.286. The molecular formula is C14H15N5O2. The molecule has 0 aliphatic rings. The lowest BCUT2D eigenvalue weighted by Gasteiger charge is -2.11. The summed E-state index contributed by atoms with van der Waals surface area (Å²) in [6.07, 6.45) is 3.59. The molecule has 0 aliphatic heterocycles. The molecule has 2 aromatic heterocycles. The van der Waals surface area contributed by atoms with E-state index in [0.717, 1.165) is 11.0 Å². The quantitative estimate of drug-likeness (QED) is 0.870. The van der Waals surface area contributed by atoms with E-state index in [1.54, 1.807) is 12.1 Å². The number of pyridine rings is 1. The molecule has 0 spiro atoms. The van der Waals surface area contributed by atoms with Crippen LogP contribution in [0.3, 0.4) is 0 Å². The van der Waals surface area contributed by atoms with Crippen LogP contribution in [0.2, 0.25) is 0 Å². The summed E-state index contributed by atoms with van der Waals surface area (Å²) in [5.41, 5.74) is 5.38. The van der Waals surface area contributed by atoms with Crippen LogP contribution in [-0.2, 0) is 13.1 Å². The minimum atomic E-state index is -0.555. The Balaban J connectivity index is 2.57. The van der Waals surface area contributed by atoms with E-state index in [4.69, 9.17) is 11.0 Å². The van der Waals surface area contributed by atoms with Crippen LogP contribution in [0.25, 0.3) is 0 Å². The maximum Gasteiger partial charge on any atom is 0.331 e. The normalized spacial score (nSPS) is 10.3. The smallest absolute Gasteiger partial charge is 0.331 e. The zero-order valence-electron chi connectivity index (χ0n) is 11.6. The lowest BCUT2D eigenvalue weighted by molar-refractivity contribution is 0.572. The van der Waals surface area contributed by atoms with Crippen LogP contribution in [0.4, 0.5) is 5.69 Å². The number of hydrogen-bond acceptors (Lipinski definition) is 5. The van der Waals surface area contributed by atoms with Crippen molar-refractivity contribution in [3.8, 4) is 6.07 Å². The number of nitrogen functional groups attached to an aromatic ring is 1. The molecule has 0 amide bonds. The highest BCUT2D eigenvalue weighted by Gasteiger charge is 2.11. The van der Waals surface area contributed by atoms with E-state index < -0.39 is 11.2 Å². The van der Waals surface area contributed by atoms with Gasteiger partial charge in [0.15, 0.2) is 0 Å². The first kappa shape index (κ1) is 14.5. The summed E-state index contributed by atoms with van der Waals surface area (Å²) < 4.78 is 2.43. The summed E-state index contributed by atoms with van der Waals surface area (Å²) >= 11 is 0. The second kappa shape index (κ2) is 6.05. The minimum absolute atomic E-state index is 0.00504. The summed E-state index contributed by atoms with van der Waals surface area (Å²) in [4.78, 5) is 28.3. The summed E-state index contributed by atoms with van der Waals surface area (Å²) in [7, 11) is 0. The van der Waals surface area contributed by atoms with Gasteiger partial charge in [0, 0.05) is 24.5 Å². The van der Waals surface area contributed by atoms with E-state index in [-0.39, 0.29) is 17.9 Å². The number of anilines is 1. The fourth-order valence-corrected chi connectivity index (χ4v) is 2.05. The van der Waals surface area contributed by atoms with Crippen LogP contribution in [0.1, 0.15) is 24.6 Å². The first-order valence-corrected chi connectivity index (χ1v) is 6.52. The van der Waals surface area contributed by atoms with Crippen molar-refractivity contribution >= 4 is 5.69 Å². The van der Waals surface area contributed by atoms with Crippen LogP contribution < -0.4 is 17.0 Å². The zero-order chi connectivity index (χ0) is 15.4. The third-order valence-electron chi connectivity index (χ3n) is 3.05. The Morgan fingerprint density at radius 3 is 2.86 bits per heavy atom. The molecule has 7 nitrogen and oxygen atoms in total. The molecular weight excluding hydrogens is 270 g/mol. The highest BCUT2D eigenvalue weighted by atomic mass is 16.2. The van der Waals surface area contributed by atoms with Gasteiger partial charge in [0.05, 0.1) is 6.54 Å². The fourth-order valence-electron chi connectivity index (χ4n) is 2.05. The van der Waals surface area contributed by atoms with Gasteiger partial charge in [-0.05, 0) is 12.5 Å². The molecule has 2 aromatic rings. The summed E-state index contributed by atoms with van der Waals surface area (Å²) in [6.45, 7) is 2.37. The number of nitrogens with zero attached hydrogens (tertiary/aromatic N) is 4. The monoisotopic (exact) mass is 285 g/mol. The van der Waals surface area contributed by atoms with E-state index in [1.807, 2.05) is 13.0 Å². The Bertz CT molecular complexity index is 813. The van der Waals surface area contributed by atoms with Crippen molar-refractivity contribution in [1.82, 2.24) is 14.1 Å². The molecule has 0 fully saturated rings. The second-order valence-electron chi connectivity index (χ2n) is 4.57. The molecule has 2 rings (SSSR count). The van der Waals surface area contributed by atoms with Gasteiger partial charge in [-0.15, -0.1) is 0 Å². The standard InChI is InChI=1S/C14H15N5O2/c1-2-6-18-9-11(16)13(20)19(14(18)21)8-10-4-3-5-17-12(10)7-15/h3-5,9H,2,6,8,16H2,1H3. The molecule has 0 saturated heterocycles. The lowest BCUT2D eigenvalue weighted by Crippen LogP contribution is -2.41. The van der Waals surface area contributed by atoms with Crippen molar-refractivity contribution < 1.29 is 0 Å². The average Bonchev–Trinajstić information content (AvgIpc) is 2.49. The lowest BCUT2D eigenvalue weighted by atomic mass is 10.2. The van der Waals surface area contributed by atoms with Crippen LogP contribution in [-0.4, -0.2) is 14.1 Å². The van der Waals surface area contributed by atoms with Gasteiger partial charge in [0.2, 0.25) is 0 Å². The maximum absolute atomic E-state index is 12.3. The van der Waals surface area contributed by atoms with E-state index in [0.29, 0.717) is 12.1 Å². The molecule has 108 valence electrons. The highest BCUT2D eigenvalue weighted by molar-refractivity contribution is 5.33. The minimum Gasteiger partial charge on any atom is -0.393 e. The number of nitrogens with two attached hydrogens (primary N) is 1. The molecule has 0 atom stereocenters. The van der Waals surface area contributed by atoms with Crippen molar-refractivity contribution in [1.29, 1.82) is 5.26 Å². The van der Waals surface area contributed by atoms with E-state index >= 15 is 0 Å². The molecule has 7 heteroatoms. The van der Waals surface area contributed by atoms with Gasteiger partial charge in [0.25, 0.3) is 5.56 Å². The molecule has 0 saturated carbocycles. The molecule has 0 radical (unpaired) electrons. The van der Waals surface area contributed by atoms with Crippen LogP contribution >= 0.6 is 0 Å². The SMILES string of the molecule is CCCn1cc(N)c(=O)n(Cc2cccnc2C#N)c1=O. The molecule has 21 heavy (non-hydrogen) atoms. The van der Waals surface area contributed by atoms with Gasteiger partial charge < -0.3 is 5.73 Å². The first-order valence-electron chi connectivity index (χ1n) is 6.52. The van der Waals surface area contributed by atoms with Gasteiger partial charge in [-0.25, -0.2) is 9.78 Å². The number of rotatable bonds is 4. The van der Waals surface area contributed by atoms with Crippen molar-refractivity contribution in [2.75, 3.05) is 5.73 Å². The first-order chi connectivity index (χ1) is 10.1. The predicted molar refractivity (Wildman–Crippen MR) is 77.7 cm³/mol. The average molecular weight is 285 g/mol. The van der Waals surface area contributed by atoms with Crippen LogP contribution in [0.5, 0.6) is 0 Å². The molecule has 2 N–H and O–H groups in total. The largest absolute Gasteiger partial charge is 0.393 e. The number of nitriles is 1. The van der Waals surface area contributed by atoms with Crippen LogP contribution in [0.15, 0.2) is 34.1 Å². The van der Waals surface area contributed by atoms with E-state index in [2.05, 4.69) is 4.98 Å². The third-order valence-corrected chi connectivity index (χ3v) is 3.05. The Kier molecular flexibility index (Phi) is 4.18. The molecule has 0 unspecified atom stereocenters. The number of aromatic nitrogens is 3. The van der Waals surface area contributed by atoms with Crippen molar-refractivity contribution in [2.45, 2.75) is 26.4 Å². The van der Waals surface area contributed by atoms with Gasteiger partial charge in [-0.1, -0.05) is 13.0 Å². The topological polar surface area (TPSA) is 107 Å². The summed E-state index contributed by atoms with van der Waals surface area (Å²) in [5.74, 6) is 0. The summed E-state index contributed by atoms with van der Waals surface area (Å²) in [5, 5.41) is 9.02. The van der Waals surface area contributed by atoms with Gasteiger partial charge >= 0.3 is 5.69 Å². The Hall–Kier alpha value is -2.88. The molecule has 0 bridgehead atoms. The zero-order valence-corrected chi connectivity index (χ0v) is 11.6. The number of hydrogen-bond donors (Lipinski definition) is 1. The Labute approximate surface area is 120 Å². The maximum atomic E-state index is 12.3. The van der Waals surface area contributed by atoms with Crippen LogP contribution in [0, 0.1) is 11.3 Å². The molecule has 0 aromatic carbocycles. The summed E-state index contributed by atoms with van der Waals surface area (Å²) in [6, 6.07) is 5.25. The van der Waals surface area contributed by atoms with Gasteiger partial charge in [-0.2, -0.15) is 5.26 Å². The van der Waals surface area contributed by atoms with E-state index in [1.165, 1.54) is 17.0 Å². The second-order valence-corrected chi connectivity index (χ2v) is 4.57. The van der Waals surface area contributed by atoms with E-state index in [9.17, 15) is 9.59 Å². The predicted octanol–water partition coefficient (Wildman–Crippen LogP) is 0.317. The third kappa shape index (κ3) is 2.84. The molecule has 2 heterocycles. The number of aryl methyl sites for hydroxylation is 1. The Morgan fingerprint density at radius 2 is 2.19 bits per heavy atom. The van der Waals surface area contributed by atoms with Gasteiger partial charge in [-0.3, -0.25) is 13.9 Å². The Morgan fingerprint density at radius 1 is 1.43 bits per heavy atom. The van der Waals surface area contributed by atoms with Gasteiger partial charge in [0.1, 0.15) is 17.5 Å². The molecule has 0 aliphatic carbocycles. The van der Waals surface area contributed by atoms with Crippen molar-refractivity contribution in [2.24, 2.45) is 0 Å².